The highest BCUT2D eigenvalue weighted by Crippen LogP contribution is 2.29. The summed E-state index contributed by atoms with van der Waals surface area (Å²) < 4.78 is 32.1. The molecule has 9 nitrogen and oxygen atoms in total. The first-order chi connectivity index (χ1) is 16.5. The van der Waals surface area contributed by atoms with Crippen LogP contribution < -0.4 is 4.74 Å². The molecular formula is C24H35FN4O5Si. The highest BCUT2D eigenvalue weighted by molar-refractivity contribution is 6.76. The third-order valence-electron chi connectivity index (χ3n) is 6.20. The van der Waals surface area contributed by atoms with Gasteiger partial charge < -0.3 is 19.1 Å². The number of rotatable bonds is 9. The molecule has 0 bridgehead atoms. The molecule has 0 saturated carbocycles. The van der Waals surface area contributed by atoms with Crippen LogP contribution in [0.1, 0.15) is 30.3 Å². The third kappa shape index (κ3) is 6.66. The summed E-state index contributed by atoms with van der Waals surface area (Å²) in [5.74, 6) is -1.07. The van der Waals surface area contributed by atoms with Gasteiger partial charge in [-0.3, -0.25) is 9.59 Å². The Bertz CT molecular complexity index is 1060. The predicted molar refractivity (Wildman–Crippen MR) is 131 cm³/mol. The first kappa shape index (κ1) is 26.8. The number of amides is 1. The number of piperidine rings is 1. The second kappa shape index (κ2) is 11.3. The van der Waals surface area contributed by atoms with E-state index in [4.69, 9.17) is 14.2 Å². The molecule has 1 aliphatic heterocycles. The smallest absolute Gasteiger partial charge is 0.308 e. The Morgan fingerprint density at radius 1 is 1.23 bits per heavy atom. The van der Waals surface area contributed by atoms with Crippen LogP contribution in [0.25, 0.3) is 11.3 Å². The summed E-state index contributed by atoms with van der Waals surface area (Å²) in [7, 11) is 1.54. The standard InChI is InChI=1S/C24H35FN4O5Si/c1-16-11-17(24(31)33-3)7-8-28(16)23(30)20-13-21(18-12-22(32-2)26-14-19(18)25)29(27-20)15-34-9-10-35(4,5)6/h12-14,16-17H,7-11,15H2,1-6H3. The number of hydrogen-bond donors (Lipinski definition) is 0. The minimum Gasteiger partial charge on any atom is -0.481 e. The van der Waals surface area contributed by atoms with Crippen molar-refractivity contribution in [2.45, 2.75) is 58.2 Å². The SMILES string of the molecule is COC(=O)C1CCN(C(=O)c2cc(-c3cc(OC)ncc3F)n(COCC[Si](C)(C)C)n2)C(C)C1. The summed E-state index contributed by atoms with van der Waals surface area (Å²) in [5.41, 5.74) is 0.804. The normalized spacial score (nSPS) is 18.4. The van der Waals surface area contributed by atoms with Crippen LogP contribution in [0, 0.1) is 11.7 Å². The summed E-state index contributed by atoms with van der Waals surface area (Å²) in [4.78, 5) is 30.9. The van der Waals surface area contributed by atoms with Crippen LogP contribution in [0.3, 0.4) is 0 Å². The maximum Gasteiger partial charge on any atom is 0.308 e. The lowest BCUT2D eigenvalue weighted by molar-refractivity contribution is -0.147. The zero-order valence-electron chi connectivity index (χ0n) is 21.3. The number of pyridine rings is 1. The molecule has 3 rings (SSSR count). The molecule has 0 aromatic carbocycles. The number of ether oxygens (including phenoxy) is 3. The molecule has 2 unspecified atom stereocenters. The lowest BCUT2D eigenvalue weighted by Gasteiger charge is -2.36. The van der Waals surface area contributed by atoms with Crippen LogP contribution in [0.2, 0.25) is 25.7 Å². The maximum absolute atomic E-state index is 14.8. The Morgan fingerprint density at radius 2 is 1.97 bits per heavy atom. The van der Waals surface area contributed by atoms with E-state index in [-0.39, 0.29) is 47.7 Å². The van der Waals surface area contributed by atoms with Crippen molar-refractivity contribution in [3.63, 3.8) is 0 Å². The van der Waals surface area contributed by atoms with Gasteiger partial charge in [0.05, 0.1) is 32.0 Å². The Kier molecular flexibility index (Phi) is 8.65. The Balaban J connectivity index is 1.87. The largest absolute Gasteiger partial charge is 0.481 e. The van der Waals surface area contributed by atoms with Gasteiger partial charge in [0.2, 0.25) is 5.88 Å². The fourth-order valence-electron chi connectivity index (χ4n) is 4.10. The number of hydrogen-bond acceptors (Lipinski definition) is 7. The van der Waals surface area contributed by atoms with Gasteiger partial charge in [0, 0.05) is 38.9 Å². The first-order valence-electron chi connectivity index (χ1n) is 11.8. The van der Waals surface area contributed by atoms with Crippen molar-refractivity contribution in [1.82, 2.24) is 19.7 Å². The molecule has 1 saturated heterocycles. The Hall–Kier alpha value is -2.79. The number of esters is 1. The predicted octanol–water partition coefficient (Wildman–Crippen LogP) is 3.82. The summed E-state index contributed by atoms with van der Waals surface area (Å²) in [5, 5.41) is 4.49. The van der Waals surface area contributed by atoms with Gasteiger partial charge >= 0.3 is 5.97 Å². The number of nitrogens with zero attached hydrogens (tertiary/aromatic N) is 4. The van der Waals surface area contributed by atoms with E-state index in [1.807, 2.05) is 6.92 Å². The van der Waals surface area contributed by atoms with Gasteiger partial charge in [0.25, 0.3) is 5.91 Å². The van der Waals surface area contributed by atoms with Gasteiger partial charge in [-0.1, -0.05) is 19.6 Å². The van der Waals surface area contributed by atoms with E-state index in [2.05, 4.69) is 29.7 Å². The van der Waals surface area contributed by atoms with Gasteiger partial charge in [0.1, 0.15) is 6.73 Å². The number of aromatic nitrogens is 3. The van der Waals surface area contributed by atoms with Gasteiger partial charge in [-0.25, -0.2) is 14.1 Å². The number of methoxy groups -OCH3 is 2. The molecule has 0 radical (unpaired) electrons. The number of halogens is 1. The second-order valence-corrected chi connectivity index (χ2v) is 15.7. The van der Waals surface area contributed by atoms with Crippen molar-refractivity contribution in [2.24, 2.45) is 5.92 Å². The van der Waals surface area contributed by atoms with Gasteiger partial charge in [-0.2, -0.15) is 5.10 Å². The van der Waals surface area contributed by atoms with E-state index in [0.717, 1.165) is 12.2 Å². The van der Waals surface area contributed by atoms with Crippen LogP contribution in [-0.2, 0) is 21.0 Å². The van der Waals surface area contributed by atoms with Crippen molar-refractivity contribution < 1.29 is 28.2 Å². The molecule has 1 aliphatic rings. The summed E-state index contributed by atoms with van der Waals surface area (Å²) in [6.07, 6.45) is 2.12. The first-order valence-corrected chi connectivity index (χ1v) is 15.5. The molecule has 2 aromatic rings. The zero-order valence-corrected chi connectivity index (χ0v) is 22.3. The zero-order chi connectivity index (χ0) is 25.8. The molecule has 0 N–H and O–H groups in total. The Morgan fingerprint density at radius 3 is 2.60 bits per heavy atom. The van der Waals surface area contributed by atoms with Gasteiger partial charge in [-0.15, -0.1) is 0 Å². The van der Waals surface area contributed by atoms with E-state index in [1.54, 1.807) is 11.0 Å². The molecule has 2 atom stereocenters. The molecule has 35 heavy (non-hydrogen) atoms. The quantitative estimate of drug-likeness (QED) is 0.290. The van der Waals surface area contributed by atoms with E-state index in [1.165, 1.54) is 25.0 Å². The lowest BCUT2D eigenvalue weighted by atomic mass is 9.91. The highest BCUT2D eigenvalue weighted by Gasteiger charge is 2.34. The minimum atomic E-state index is -1.29. The van der Waals surface area contributed by atoms with Gasteiger partial charge in [0.15, 0.2) is 11.5 Å². The highest BCUT2D eigenvalue weighted by atomic mass is 28.3. The van der Waals surface area contributed by atoms with Crippen molar-refractivity contribution >= 4 is 20.0 Å². The van der Waals surface area contributed by atoms with Crippen LogP contribution >= 0.6 is 0 Å². The second-order valence-electron chi connectivity index (χ2n) is 10.1. The summed E-state index contributed by atoms with van der Waals surface area (Å²) in [6.45, 7) is 9.72. The maximum atomic E-state index is 14.8. The number of carbonyl (C=O) groups is 2. The third-order valence-corrected chi connectivity index (χ3v) is 7.90. The van der Waals surface area contributed by atoms with Crippen molar-refractivity contribution in [2.75, 3.05) is 27.4 Å². The van der Waals surface area contributed by atoms with Crippen LogP contribution in [-0.4, -0.2) is 73.0 Å². The topological polar surface area (TPSA) is 95.8 Å². The van der Waals surface area contributed by atoms with E-state index in [9.17, 15) is 14.0 Å². The van der Waals surface area contributed by atoms with Crippen LogP contribution in [0.5, 0.6) is 5.88 Å². The average Bonchev–Trinajstić information content (AvgIpc) is 3.24. The fraction of sp³-hybridized carbons (Fsp3) is 0.583. The molecule has 1 fully saturated rings. The molecule has 2 aromatic heterocycles. The number of carbonyl (C=O) groups excluding carboxylic acids is 2. The van der Waals surface area contributed by atoms with Gasteiger partial charge in [-0.05, 0) is 31.9 Å². The molecule has 11 heteroatoms. The van der Waals surface area contributed by atoms with Crippen molar-refractivity contribution in [3.8, 4) is 17.1 Å². The lowest BCUT2D eigenvalue weighted by Crippen LogP contribution is -2.46. The number of likely N-dealkylation sites (tertiary alicyclic amines) is 1. The molecule has 3 heterocycles. The van der Waals surface area contributed by atoms with Crippen LogP contribution in [0.15, 0.2) is 18.3 Å². The van der Waals surface area contributed by atoms with E-state index in [0.29, 0.717) is 31.7 Å². The van der Waals surface area contributed by atoms with Crippen LogP contribution in [0.4, 0.5) is 4.39 Å². The molecule has 192 valence electrons. The summed E-state index contributed by atoms with van der Waals surface area (Å²) in [6, 6.07) is 3.85. The molecule has 0 aliphatic carbocycles. The monoisotopic (exact) mass is 506 g/mol. The molecule has 1 amide bonds. The molecular weight excluding hydrogens is 471 g/mol. The Labute approximate surface area is 206 Å². The van der Waals surface area contributed by atoms with E-state index >= 15 is 0 Å². The minimum absolute atomic E-state index is 0.0805. The van der Waals surface area contributed by atoms with E-state index < -0.39 is 13.9 Å². The molecule has 0 spiro atoms. The summed E-state index contributed by atoms with van der Waals surface area (Å²) >= 11 is 0. The van der Waals surface area contributed by atoms with Crippen molar-refractivity contribution in [1.29, 1.82) is 0 Å². The van der Waals surface area contributed by atoms with Crippen molar-refractivity contribution in [3.05, 3.63) is 29.8 Å². The fourth-order valence-corrected chi connectivity index (χ4v) is 4.85. The average molecular weight is 507 g/mol.